The van der Waals surface area contributed by atoms with Gasteiger partial charge in [0.1, 0.15) is 0 Å². The third kappa shape index (κ3) is 1.32. The minimum absolute atomic E-state index is 0.181. The molecule has 1 atom stereocenters. The Morgan fingerprint density at radius 2 is 2.50 bits per heavy atom. The lowest BCUT2D eigenvalue weighted by atomic mass is 10.2. The van der Waals surface area contributed by atoms with Gasteiger partial charge in [0.15, 0.2) is 0 Å². The van der Waals surface area contributed by atoms with Crippen molar-refractivity contribution >= 4 is 17.7 Å². The van der Waals surface area contributed by atoms with Crippen molar-refractivity contribution in [1.29, 1.82) is 0 Å². The van der Waals surface area contributed by atoms with Gasteiger partial charge in [-0.3, -0.25) is 9.88 Å². The normalized spacial score (nSPS) is 19.6. The molecule has 0 fully saturated rings. The molecule has 0 aliphatic carbocycles. The lowest BCUT2D eigenvalue weighted by Gasteiger charge is -2.16. The number of carboxylic acid groups (broad SMARTS) is 1. The number of hydrogen-bond donors (Lipinski definition) is 1. The summed E-state index contributed by atoms with van der Waals surface area (Å²) in [4.78, 5) is 16.3. The van der Waals surface area contributed by atoms with Crippen molar-refractivity contribution < 1.29 is 9.90 Å². The smallest absolute Gasteiger partial charge is 0.408 e. The summed E-state index contributed by atoms with van der Waals surface area (Å²) in [6.45, 7) is 2.19. The number of hydrogen-bond acceptors (Lipinski definition) is 2. The zero-order valence-electron chi connectivity index (χ0n) is 7.57. The Morgan fingerprint density at radius 1 is 1.79 bits per heavy atom. The van der Waals surface area contributed by atoms with Gasteiger partial charge in [-0.05, 0) is 18.6 Å². The lowest BCUT2D eigenvalue weighted by molar-refractivity contribution is 0.132. The molecule has 0 saturated carbocycles. The molecule has 0 spiro atoms. The predicted octanol–water partition coefficient (Wildman–Crippen LogP) is 2.29. The first-order valence-electron chi connectivity index (χ1n) is 4.23. The zero-order chi connectivity index (χ0) is 10.3. The highest BCUT2D eigenvalue weighted by molar-refractivity contribution is 6.30. The van der Waals surface area contributed by atoms with Crippen molar-refractivity contribution in [3.8, 4) is 0 Å². The van der Waals surface area contributed by atoms with Gasteiger partial charge in [0, 0.05) is 6.20 Å². The molecule has 0 saturated heterocycles. The van der Waals surface area contributed by atoms with Crippen molar-refractivity contribution in [3.05, 3.63) is 28.5 Å². The molecule has 5 heteroatoms. The molecule has 2 heterocycles. The Balaban J connectivity index is 2.40. The van der Waals surface area contributed by atoms with Gasteiger partial charge < -0.3 is 5.11 Å². The molecular weight excluding hydrogens is 204 g/mol. The summed E-state index contributed by atoms with van der Waals surface area (Å²) in [5.41, 5.74) is 1.70. The van der Waals surface area contributed by atoms with Crippen molar-refractivity contribution in [2.75, 3.05) is 0 Å². The average Bonchev–Trinajstić information content (AvgIpc) is 2.43. The van der Waals surface area contributed by atoms with E-state index in [0.717, 1.165) is 11.3 Å². The van der Waals surface area contributed by atoms with E-state index < -0.39 is 6.09 Å². The molecule has 0 radical (unpaired) electrons. The Bertz CT molecular complexity index is 394. The summed E-state index contributed by atoms with van der Waals surface area (Å²) in [6, 6.07) is 1.59. The van der Waals surface area contributed by atoms with Gasteiger partial charge in [0.25, 0.3) is 0 Å². The van der Waals surface area contributed by atoms with Crippen LogP contribution in [0.1, 0.15) is 24.2 Å². The highest BCUT2D eigenvalue weighted by atomic mass is 35.5. The SMILES string of the molecule is CC1c2ncc(Cl)cc2CN1C(=O)O. The van der Waals surface area contributed by atoms with Gasteiger partial charge in [-0.2, -0.15) is 0 Å². The number of amides is 1. The Hall–Kier alpha value is -1.29. The predicted molar refractivity (Wildman–Crippen MR) is 51.2 cm³/mol. The van der Waals surface area contributed by atoms with Gasteiger partial charge in [0.2, 0.25) is 0 Å². The molecule has 1 aliphatic rings. The van der Waals surface area contributed by atoms with Crippen molar-refractivity contribution in [2.45, 2.75) is 19.5 Å². The van der Waals surface area contributed by atoms with Crippen molar-refractivity contribution in [3.63, 3.8) is 0 Å². The minimum atomic E-state index is -0.924. The molecule has 74 valence electrons. The van der Waals surface area contributed by atoms with Gasteiger partial charge in [-0.15, -0.1) is 0 Å². The highest BCUT2D eigenvalue weighted by Gasteiger charge is 2.31. The maximum absolute atomic E-state index is 10.8. The number of carbonyl (C=O) groups is 1. The largest absolute Gasteiger partial charge is 0.465 e. The van der Waals surface area contributed by atoms with Crippen LogP contribution in [0.5, 0.6) is 0 Å². The fourth-order valence-corrected chi connectivity index (χ4v) is 1.88. The highest BCUT2D eigenvalue weighted by Crippen LogP contribution is 2.32. The molecule has 1 amide bonds. The van der Waals surface area contributed by atoms with Crippen LogP contribution in [-0.2, 0) is 6.54 Å². The van der Waals surface area contributed by atoms with Crippen LogP contribution in [0.15, 0.2) is 12.3 Å². The second-order valence-electron chi connectivity index (χ2n) is 3.28. The van der Waals surface area contributed by atoms with E-state index in [-0.39, 0.29) is 6.04 Å². The number of fused-ring (bicyclic) bond motifs is 1. The van der Waals surface area contributed by atoms with Crippen molar-refractivity contribution in [1.82, 2.24) is 9.88 Å². The lowest BCUT2D eigenvalue weighted by Crippen LogP contribution is -2.26. The molecule has 14 heavy (non-hydrogen) atoms. The molecule has 1 N–H and O–H groups in total. The maximum Gasteiger partial charge on any atom is 0.408 e. The monoisotopic (exact) mass is 212 g/mol. The fourth-order valence-electron chi connectivity index (χ4n) is 1.70. The molecule has 1 aromatic rings. The Morgan fingerprint density at radius 3 is 3.14 bits per heavy atom. The molecule has 0 aromatic carbocycles. The summed E-state index contributed by atoms with van der Waals surface area (Å²) in [7, 11) is 0. The van der Waals surface area contributed by atoms with E-state index in [1.54, 1.807) is 12.3 Å². The number of halogens is 1. The third-order valence-corrected chi connectivity index (χ3v) is 2.62. The van der Waals surface area contributed by atoms with E-state index >= 15 is 0 Å². The van der Waals surface area contributed by atoms with Crippen LogP contribution in [0, 0.1) is 0 Å². The fraction of sp³-hybridized carbons (Fsp3) is 0.333. The van der Waals surface area contributed by atoms with E-state index in [1.165, 1.54) is 4.90 Å². The number of rotatable bonds is 0. The van der Waals surface area contributed by atoms with E-state index in [1.807, 2.05) is 6.92 Å². The van der Waals surface area contributed by atoms with Crippen LogP contribution in [-0.4, -0.2) is 21.1 Å². The van der Waals surface area contributed by atoms with Gasteiger partial charge in [-0.25, -0.2) is 4.79 Å². The second kappa shape index (κ2) is 3.13. The van der Waals surface area contributed by atoms with Crippen LogP contribution >= 0.6 is 11.6 Å². The second-order valence-corrected chi connectivity index (χ2v) is 3.72. The average molecular weight is 213 g/mol. The third-order valence-electron chi connectivity index (χ3n) is 2.42. The zero-order valence-corrected chi connectivity index (χ0v) is 8.32. The van der Waals surface area contributed by atoms with Gasteiger partial charge in [-0.1, -0.05) is 11.6 Å². The van der Waals surface area contributed by atoms with E-state index in [2.05, 4.69) is 4.98 Å². The van der Waals surface area contributed by atoms with E-state index in [0.29, 0.717) is 11.6 Å². The topological polar surface area (TPSA) is 53.4 Å². The van der Waals surface area contributed by atoms with Crippen LogP contribution < -0.4 is 0 Å². The van der Waals surface area contributed by atoms with Crippen LogP contribution in [0.4, 0.5) is 4.79 Å². The number of aromatic nitrogens is 1. The molecule has 0 bridgehead atoms. The summed E-state index contributed by atoms with van der Waals surface area (Å²) < 4.78 is 0. The Kier molecular flexibility index (Phi) is 2.07. The Labute approximate surface area is 86.1 Å². The van der Waals surface area contributed by atoms with Crippen molar-refractivity contribution in [2.24, 2.45) is 0 Å². The summed E-state index contributed by atoms with van der Waals surface area (Å²) in [5, 5.41) is 9.43. The standard InChI is InChI=1S/C9H9ClN2O2/c1-5-8-6(2-7(10)3-11-8)4-12(5)9(13)14/h2-3,5H,4H2,1H3,(H,13,14). The molecule has 1 aromatic heterocycles. The maximum atomic E-state index is 10.8. The van der Waals surface area contributed by atoms with Crippen LogP contribution in [0.25, 0.3) is 0 Å². The van der Waals surface area contributed by atoms with E-state index in [9.17, 15) is 4.79 Å². The number of pyridine rings is 1. The first-order valence-corrected chi connectivity index (χ1v) is 4.61. The van der Waals surface area contributed by atoms with Gasteiger partial charge >= 0.3 is 6.09 Å². The number of nitrogens with zero attached hydrogens (tertiary/aromatic N) is 2. The molecule has 1 unspecified atom stereocenters. The summed E-state index contributed by atoms with van der Waals surface area (Å²) in [5.74, 6) is 0. The first kappa shape index (κ1) is 9.27. The molecule has 1 aliphatic heterocycles. The molecular formula is C9H9ClN2O2. The first-order chi connectivity index (χ1) is 6.59. The summed E-state index contributed by atoms with van der Waals surface area (Å²) >= 11 is 5.77. The minimum Gasteiger partial charge on any atom is -0.465 e. The van der Waals surface area contributed by atoms with Crippen LogP contribution in [0.2, 0.25) is 5.02 Å². The van der Waals surface area contributed by atoms with E-state index in [4.69, 9.17) is 16.7 Å². The molecule has 2 rings (SSSR count). The van der Waals surface area contributed by atoms with Gasteiger partial charge in [0.05, 0.1) is 23.3 Å². The quantitative estimate of drug-likeness (QED) is 0.718. The van der Waals surface area contributed by atoms with Crippen LogP contribution in [0.3, 0.4) is 0 Å². The molecule has 4 nitrogen and oxygen atoms in total. The summed E-state index contributed by atoms with van der Waals surface area (Å²) in [6.07, 6.45) is 0.619.